The zero-order chi connectivity index (χ0) is 14.0. The minimum atomic E-state index is -5.32. The van der Waals surface area contributed by atoms with Gasteiger partial charge in [-0.2, -0.15) is 26.0 Å². The fourth-order valence-corrected chi connectivity index (χ4v) is 1.87. The molecule has 0 aliphatic heterocycles. The molecule has 0 aliphatic carbocycles. The zero-order valence-electron chi connectivity index (χ0n) is 8.93. The third kappa shape index (κ3) is 3.36. The Labute approximate surface area is 101 Å². The van der Waals surface area contributed by atoms with Crippen LogP contribution in [0, 0.1) is 0 Å². The fourth-order valence-electron chi connectivity index (χ4n) is 0.961. The molecule has 0 N–H and O–H groups in total. The first-order valence-electron chi connectivity index (χ1n) is 4.40. The maximum Gasteiger partial charge on any atom is 0.420 e. The van der Waals surface area contributed by atoms with Crippen molar-refractivity contribution >= 4 is 15.9 Å². The number of methoxy groups -OCH3 is 1. The summed E-state index contributed by atoms with van der Waals surface area (Å²) < 4.78 is 65.3. The summed E-state index contributed by atoms with van der Waals surface area (Å²) in [6, 6.07) is 4.42. The Hall–Kier alpha value is -1.77. The van der Waals surface area contributed by atoms with Gasteiger partial charge in [-0.15, -0.1) is 0 Å². The van der Waals surface area contributed by atoms with Crippen LogP contribution in [0.25, 0.3) is 0 Å². The first-order valence-corrected chi connectivity index (χ1v) is 5.84. The van der Waals surface area contributed by atoms with Gasteiger partial charge in [0, 0.05) is 0 Å². The minimum absolute atomic E-state index is 0.316. The number of hydrogen-bond donors (Lipinski definition) is 0. The van der Waals surface area contributed by atoms with E-state index in [1.165, 1.54) is 19.2 Å². The number of benzene rings is 1. The molecule has 0 saturated carbocycles. The molecule has 0 unspecified atom stereocenters. The number of sulfonamides is 1. The van der Waals surface area contributed by atoms with Crippen LogP contribution in [0.3, 0.4) is 0 Å². The lowest BCUT2D eigenvalue weighted by atomic mass is 10.3. The quantitative estimate of drug-likeness (QED) is 0.604. The number of hydrogen-bond acceptors (Lipinski definition) is 4. The van der Waals surface area contributed by atoms with Gasteiger partial charge in [-0.05, 0) is 24.3 Å². The lowest BCUT2D eigenvalue weighted by Gasteiger charge is -2.13. The van der Waals surface area contributed by atoms with Crippen molar-refractivity contribution in [2.24, 2.45) is 4.40 Å². The summed E-state index contributed by atoms with van der Waals surface area (Å²) in [5.41, 5.74) is 0. The average molecular weight is 282 g/mol. The number of nitrogens with zero attached hydrogens (tertiary/aromatic N) is 1. The molecule has 100 valence electrons. The highest BCUT2D eigenvalue weighted by atomic mass is 32.2. The van der Waals surface area contributed by atoms with Crippen LogP contribution in [0.2, 0.25) is 0 Å². The second-order valence-corrected chi connectivity index (χ2v) is 4.65. The van der Waals surface area contributed by atoms with Crippen molar-refractivity contribution < 1.29 is 31.4 Å². The molecule has 0 heterocycles. The van der Waals surface area contributed by atoms with Gasteiger partial charge in [0.25, 0.3) is 10.0 Å². The Balaban J connectivity index is 3.14. The minimum Gasteiger partial charge on any atom is -0.855 e. The summed E-state index contributed by atoms with van der Waals surface area (Å²) in [5, 5.41) is 10.5. The smallest absolute Gasteiger partial charge is 0.420 e. The molecule has 1 aromatic carbocycles. The van der Waals surface area contributed by atoms with E-state index in [1.54, 1.807) is 0 Å². The van der Waals surface area contributed by atoms with E-state index in [9.17, 15) is 26.7 Å². The van der Waals surface area contributed by atoms with Crippen LogP contribution in [0.1, 0.15) is 0 Å². The maximum absolute atomic E-state index is 11.9. The fraction of sp³-hybridized carbons (Fsp3) is 0.222. The molecule has 5 nitrogen and oxygen atoms in total. The number of ether oxygens (including phenoxy) is 1. The van der Waals surface area contributed by atoms with Crippen molar-refractivity contribution in [1.82, 2.24) is 0 Å². The first-order chi connectivity index (χ1) is 8.16. The van der Waals surface area contributed by atoms with E-state index < -0.39 is 27.0 Å². The van der Waals surface area contributed by atoms with E-state index in [2.05, 4.69) is 4.40 Å². The molecule has 0 spiro atoms. The summed E-state index contributed by atoms with van der Waals surface area (Å²) >= 11 is 0. The maximum atomic E-state index is 11.9. The standard InChI is InChI=1S/C9H8F3NO4S/c1-17-6-2-4-7(5-3-6)18(15,16)13-8(14)9(10,11)12/h2-5H,1H3,(H,13,14)/p-1. The molecule has 0 amide bonds. The van der Waals surface area contributed by atoms with E-state index in [4.69, 9.17) is 4.74 Å². The Morgan fingerprint density at radius 1 is 1.28 bits per heavy atom. The zero-order valence-corrected chi connectivity index (χ0v) is 9.75. The van der Waals surface area contributed by atoms with Crippen molar-refractivity contribution in [3.63, 3.8) is 0 Å². The molecule has 0 radical (unpaired) electrons. The first kappa shape index (κ1) is 14.3. The second-order valence-electron chi connectivity index (χ2n) is 3.04. The number of rotatable bonds is 3. The van der Waals surface area contributed by atoms with E-state index >= 15 is 0 Å². The van der Waals surface area contributed by atoms with Crippen LogP contribution in [0.4, 0.5) is 13.2 Å². The molecule has 0 fully saturated rings. The second kappa shape index (κ2) is 4.84. The molecule has 9 heteroatoms. The molecule has 0 bridgehead atoms. The molecule has 18 heavy (non-hydrogen) atoms. The Kier molecular flexibility index (Phi) is 3.85. The van der Waals surface area contributed by atoms with Gasteiger partial charge in [-0.1, -0.05) is 0 Å². The van der Waals surface area contributed by atoms with Crippen molar-refractivity contribution in [1.29, 1.82) is 0 Å². The summed E-state index contributed by atoms with van der Waals surface area (Å²) in [6.07, 6.45) is -5.32. The monoisotopic (exact) mass is 282 g/mol. The molecule has 0 saturated heterocycles. The predicted molar refractivity (Wildman–Crippen MR) is 53.7 cm³/mol. The third-order valence-electron chi connectivity index (χ3n) is 1.80. The number of alkyl halides is 3. The van der Waals surface area contributed by atoms with Gasteiger partial charge in [0.15, 0.2) is 0 Å². The summed E-state index contributed by atoms with van der Waals surface area (Å²) in [7, 11) is -3.33. The van der Waals surface area contributed by atoms with Crippen LogP contribution in [0.15, 0.2) is 33.6 Å². The van der Waals surface area contributed by atoms with Crippen LogP contribution < -0.4 is 9.84 Å². The number of halogens is 3. The van der Waals surface area contributed by atoms with Crippen molar-refractivity contribution in [3.8, 4) is 5.75 Å². The summed E-state index contributed by atoms with van der Waals surface area (Å²) in [6.45, 7) is 0. The lowest BCUT2D eigenvalue weighted by Crippen LogP contribution is -2.35. The van der Waals surface area contributed by atoms with Gasteiger partial charge in [-0.25, -0.2) is 0 Å². The van der Waals surface area contributed by atoms with Crippen LogP contribution in [-0.2, 0) is 10.0 Å². The van der Waals surface area contributed by atoms with Gasteiger partial charge < -0.3 is 9.84 Å². The van der Waals surface area contributed by atoms with E-state index in [1.807, 2.05) is 0 Å². The van der Waals surface area contributed by atoms with E-state index in [-0.39, 0.29) is 0 Å². The molecule has 0 aliphatic rings. The molecular weight excluding hydrogens is 275 g/mol. The highest BCUT2D eigenvalue weighted by molar-refractivity contribution is 7.90. The molecule has 1 aromatic rings. The molecule has 0 atom stereocenters. The predicted octanol–water partition coefficient (Wildman–Crippen LogP) is 0.705. The highest BCUT2D eigenvalue weighted by Gasteiger charge is 2.30. The molecule has 1 rings (SSSR count). The Bertz CT molecular complexity index is 548. The van der Waals surface area contributed by atoms with Crippen molar-refractivity contribution in [2.75, 3.05) is 7.11 Å². The van der Waals surface area contributed by atoms with Gasteiger partial charge in [0.1, 0.15) is 5.75 Å². The van der Waals surface area contributed by atoms with Crippen LogP contribution in [0.5, 0.6) is 5.75 Å². The van der Waals surface area contributed by atoms with Gasteiger partial charge in [0.05, 0.1) is 17.9 Å². The summed E-state index contributed by atoms with van der Waals surface area (Å²) in [5.74, 6) is -2.35. The van der Waals surface area contributed by atoms with Crippen molar-refractivity contribution in [2.45, 2.75) is 11.1 Å². The Morgan fingerprint density at radius 2 is 1.78 bits per heavy atom. The van der Waals surface area contributed by atoms with E-state index in [0.29, 0.717) is 5.75 Å². The molecule has 0 aromatic heterocycles. The summed E-state index contributed by atoms with van der Waals surface area (Å²) in [4.78, 5) is -0.527. The van der Waals surface area contributed by atoms with Gasteiger partial charge >= 0.3 is 6.18 Å². The Morgan fingerprint density at radius 3 is 2.17 bits per heavy atom. The normalized spacial score (nSPS) is 13.4. The van der Waals surface area contributed by atoms with Crippen LogP contribution >= 0.6 is 0 Å². The van der Waals surface area contributed by atoms with Gasteiger partial charge in [-0.3, -0.25) is 0 Å². The molecular formula is C9H7F3NO4S-. The highest BCUT2D eigenvalue weighted by Crippen LogP contribution is 2.20. The van der Waals surface area contributed by atoms with E-state index in [0.717, 1.165) is 12.1 Å². The largest absolute Gasteiger partial charge is 0.855 e. The average Bonchev–Trinajstić information content (AvgIpc) is 2.27. The SMILES string of the molecule is COc1ccc(S(=O)(=O)/N=C(\[O-])C(F)(F)F)cc1. The van der Waals surface area contributed by atoms with Crippen LogP contribution in [-0.4, -0.2) is 27.6 Å². The van der Waals surface area contributed by atoms with Crippen molar-refractivity contribution in [3.05, 3.63) is 24.3 Å². The van der Waals surface area contributed by atoms with Gasteiger partial charge in [0.2, 0.25) is 0 Å². The third-order valence-corrected chi connectivity index (χ3v) is 3.08. The topological polar surface area (TPSA) is 78.8 Å². The lowest BCUT2D eigenvalue weighted by molar-refractivity contribution is -0.261.